The summed E-state index contributed by atoms with van der Waals surface area (Å²) in [4.78, 5) is 37.3. The van der Waals surface area contributed by atoms with Gasteiger partial charge in [0.1, 0.15) is 6.61 Å². The highest BCUT2D eigenvalue weighted by Crippen LogP contribution is 2.44. The number of carbonyl (C=O) groups is 3. The summed E-state index contributed by atoms with van der Waals surface area (Å²) in [7, 11) is 0. The quantitative estimate of drug-likeness (QED) is 0.516. The zero-order chi connectivity index (χ0) is 25.1. The molecule has 3 N–H and O–H groups in total. The molecule has 0 radical (unpaired) electrons. The van der Waals surface area contributed by atoms with E-state index in [0.29, 0.717) is 12.8 Å². The van der Waals surface area contributed by atoms with Crippen LogP contribution in [-0.4, -0.2) is 41.8 Å². The van der Waals surface area contributed by atoms with Gasteiger partial charge < -0.3 is 20.5 Å². The van der Waals surface area contributed by atoms with Crippen LogP contribution in [0.3, 0.4) is 0 Å². The molecule has 4 rings (SSSR count). The van der Waals surface area contributed by atoms with Gasteiger partial charge in [0.15, 0.2) is 0 Å². The number of carboxylic acids is 1. The number of hydrogen-bond acceptors (Lipinski definition) is 4. The molecule has 4 atom stereocenters. The molecular formula is C28H34N2O5. The van der Waals surface area contributed by atoms with Crippen molar-refractivity contribution in [3.8, 4) is 11.1 Å². The summed E-state index contributed by atoms with van der Waals surface area (Å²) in [5.41, 5.74) is 4.60. The van der Waals surface area contributed by atoms with Crippen LogP contribution < -0.4 is 10.6 Å². The number of hydrogen-bond donors (Lipinski definition) is 3. The molecule has 0 spiro atoms. The predicted octanol–water partition coefficient (Wildman–Crippen LogP) is 4.56. The molecule has 2 aromatic carbocycles. The van der Waals surface area contributed by atoms with Gasteiger partial charge in [-0.1, -0.05) is 68.8 Å². The van der Waals surface area contributed by atoms with Crippen molar-refractivity contribution in [2.45, 2.75) is 58.0 Å². The van der Waals surface area contributed by atoms with E-state index in [9.17, 15) is 19.5 Å². The summed E-state index contributed by atoms with van der Waals surface area (Å²) in [5.74, 6) is -2.27. The molecule has 7 nitrogen and oxygen atoms in total. The van der Waals surface area contributed by atoms with E-state index in [0.717, 1.165) is 28.7 Å². The maximum absolute atomic E-state index is 13.1. The van der Waals surface area contributed by atoms with Crippen LogP contribution in [0.5, 0.6) is 0 Å². The zero-order valence-electron chi connectivity index (χ0n) is 20.5. The summed E-state index contributed by atoms with van der Waals surface area (Å²) >= 11 is 0. The third-order valence-corrected chi connectivity index (χ3v) is 7.41. The molecule has 0 heterocycles. The molecule has 0 aromatic heterocycles. The molecule has 2 aromatic rings. The van der Waals surface area contributed by atoms with Crippen molar-refractivity contribution in [2.75, 3.05) is 6.61 Å². The maximum Gasteiger partial charge on any atom is 0.407 e. The molecular weight excluding hydrogens is 444 g/mol. The third kappa shape index (κ3) is 5.19. The molecule has 7 heteroatoms. The molecule has 0 bridgehead atoms. The molecule has 186 valence electrons. The SMILES string of the molecule is CC(C)C(C(=O)N[C@@H]1CCC[C@@H]1C(=O)O)C(C)NC(=O)OCC1c2ccccc2-c2ccccc21. The Morgan fingerprint density at radius 3 is 2.14 bits per heavy atom. The van der Waals surface area contributed by atoms with E-state index in [1.807, 2.05) is 38.1 Å². The number of ether oxygens (including phenoxy) is 1. The van der Waals surface area contributed by atoms with Crippen LogP contribution in [0.15, 0.2) is 48.5 Å². The Bertz CT molecular complexity index is 1050. The molecule has 35 heavy (non-hydrogen) atoms. The Balaban J connectivity index is 1.37. The van der Waals surface area contributed by atoms with E-state index in [1.54, 1.807) is 6.92 Å². The molecule has 1 saturated carbocycles. The number of nitrogens with one attached hydrogen (secondary N) is 2. The standard InChI is InChI=1S/C28H34N2O5/c1-16(2)25(26(31)30-24-14-8-13-22(24)27(32)33)17(3)29-28(34)35-15-23-20-11-6-4-9-18(20)19-10-5-7-12-21(19)23/h4-7,9-12,16-17,22-25H,8,13-15H2,1-3H3,(H,29,34)(H,30,31)(H,32,33)/t17?,22-,24+,25?/m0/s1. The number of amides is 2. The number of alkyl carbamates (subject to hydrolysis) is 1. The molecule has 0 aliphatic heterocycles. The minimum atomic E-state index is -0.876. The largest absolute Gasteiger partial charge is 0.481 e. The normalized spacial score (nSPS) is 20.6. The van der Waals surface area contributed by atoms with Crippen LogP contribution in [0.2, 0.25) is 0 Å². The minimum absolute atomic E-state index is 0.0389. The van der Waals surface area contributed by atoms with Gasteiger partial charge in [0.25, 0.3) is 0 Å². The van der Waals surface area contributed by atoms with Crippen LogP contribution in [0, 0.1) is 17.8 Å². The first-order valence-corrected chi connectivity index (χ1v) is 12.4. The van der Waals surface area contributed by atoms with Crippen molar-refractivity contribution >= 4 is 18.0 Å². The van der Waals surface area contributed by atoms with Gasteiger partial charge in [-0.3, -0.25) is 9.59 Å². The van der Waals surface area contributed by atoms with E-state index in [2.05, 4.69) is 34.9 Å². The van der Waals surface area contributed by atoms with E-state index in [4.69, 9.17) is 4.74 Å². The number of carbonyl (C=O) groups excluding carboxylic acids is 2. The molecule has 2 aliphatic carbocycles. The van der Waals surface area contributed by atoms with Gasteiger partial charge in [-0.15, -0.1) is 0 Å². The third-order valence-electron chi connectivity index (χ3n) is 7.41. The van der Waals surface area contributed by atoms with Crippen LogP contribution in [-0.2, 0) is 14.3 Å². The highest BCUT2D eigenvalue weighted by Gasteiger charge is 2.37. The second kappa shape index (κ2) is 10.5. The van der Waals surface area contributed by atoms with Crippen LogP contribution in [0.1, 0.15) is 57.1 Å². The van der Waals surface area contributed by atoms with Crippen molar-refractivity contribution in [3.63, 3.8) is 0 Å². The van der Waals surface area contributed by atoms with Crippen molar-refractivity contribution in [1.29, 1.82) is 0 Å². The van der Waals surface area contributed by atoms with Gasteiger partial charge in [0.2, 0.25) is 5.91 Å². The Morgan fingerprint density at radius 1 is 0.971 bits per heavy atom. The molecule has 0 saturated heterocycles. The van der Waals surface area contributed by atoms with Crippen LogP contribution in [0.4, 0.5) is 4.79 Å². The van der Waals surface area contributed by atoms with Crippen LogP contribution >= 0.6 is 0 Å². The average Bonchev–Trinajstić information content (AvgIpc) is 3.40. The lowest BCUT2D eigenvalue weighted by molar-refractivity contribution is -0.142. The predicted molar refractivity (Wildman–Crippen MR) is 133 cm³/mol. The first-order chi connectivity index (χ1) is 16.8. The van der Waals surface area contributed by atoms with Gasteiger partial charge in [-0.2, -0.15) is 0 Å². The van der Waals surface area contributed by atoms with E-state index in [1.165, 1.54) is 0 Å². The van der Waals surface area contributed by atoms with Gasteiger partial charge in [-0.05, 0) is 47.9 Å². The van der Waals surface area contributed by atoms with E-state index in [-0.39, 0.29) is 30.4 Å². The first-order valence-electron chi connectivity index (χ1n) is 12.4. The maximum atomic E-state index is 13.1. The van der Waals surface area contributed by atoms with Crippen molar-refractivity contribution in [3.05, 3.63) is 59.7 Å². The zero-order valence-corrected chi connectivity index (χ0v) is 20.5. The fourth-order valence-electron chi connectivity index (χ4n) is 5.73. The molecule has 1 fully saturated rings. The second-order valence-corrected chi connectivity index (χ2v) is 10.0. The number of rotatable bonds is 8. The minimum Gasteiger partial charge on any atom is -0.481 e. The number of fused-ring (bicyclic) bond motifs is 3. The highest BCUT2D eigenvalue weighted by atomic mass is 16.5. The number of benzene rings is 2. The first kappa shape index (κ1) is 24.8. The van der Waals surface area contributed by atoms with Gasteiger partial charge in [-0.25, -0.2) is 4.79 Å². The molecule has 2 aliphatic rings. The topological polar surface area (TPSA) is 105 Å². The lowest BCUT2D eigenvalue weighted by Gasteiger charge is -2.29. The van der Waals surface area contributed by atoms with Crippen molar-refractivity contribution < 1.29 is 24.2 Å². The average molecular weight is 479 g/mol. The Hall–Kier alpha value is -3.35. The fourth-order valence-corrected chi connectivity index (χ4v) is 5.73. The van der Waals surface area contributed by atoms with Gasteiger partial charge in [0, 0.05) is 18.0 Å². The summed E-state index contributed by atoms with van der Waals surface area (Å²) in [6.07, 6.45) is 1.44. The fraction of sp³-hybridized carbons (Fsp3) is 0.464. The number of aliphatic carboxylic acids is 1. The summed E-state index contributed by atoms with van der Waals surface area (Å²) in [6.45, 7) is 5.83. The van der Waals surface area contributed by atoms with Gasteiger partial charge >= 0.3 is 12.1 Å². The summed E-state index contributed by atoms with van der Waals surface area (Å²) < 4.78 is 5.64. The second-order valence-electron chi connectivity index (χ2n) is 10.0. The Labute approximate surface area is 206 Å². The summed E-state index contributed by atoms with van der Waals surface area (Å²) in [6, 6.07) is 15.5. The van der Waals surface area contributed by atoms with Crippen LogP contribution in [0.25, 0.3) is 11.1 Å². The smallest absolute Gasteiger partial charge is 0.407 e. The van der Waals surface area contributed by atoms with Crippen molar-refractivity contribution in [2.24, 2.45) is 17.8 Å². The van der Waals surface area contributed by atoms with Gasteiger partial charge in [0.05, 0.1) is 11.8 Å². The number of carboxylic acid groups (broad SMARTS) is 1. The highest BCUT2D eigenvalue weighted by molar-refractivity contribution is 5.82. The summed E-state index contributed by atoms with van der Waals surface area (Å²) in [5, 5.41) is 15.2. The lowest BCUT2D eigenvalue weighted by atomic mass is 9.88. The van der Waals surface area contributed by atoms with E-state index >= 15 is 0 Å². The molecule has 2 unspecified atom stereocenters. The van der Waals surface area contributed by atoms with Crippen molar-refractivity contribution in [1.82, 2.24) is 10.6 Å². The van der Waals surface area contributed by atoms with E-state index < -0.39 is 29.9 Å². The molecule has 2 amide bonds. The Morgan fingerprint density at radius 2 is 1.57 bits per heavy atom. The monoisotopic (exact) mass is 478 g/mol. The Kier molecular flexibility index (Phi) is 7.43. The lowest BCUT2D eigenvalue weighted by Crippen LogP contribution is -2.51.